The van der Waals surface area contributed by atoms with E-state index < -0.39 is 27.0 Å². The molecule has 0 bridgehead atoms. The van der Waals surface area contributed by atoms with Gasteiger partial charge in [-0.2, -0.15) is 0 Å². The van der Waals surface area contributed by atoms with Gasteiger partial charge in [-0.3, -0.25) is 4.40 Å². The van der Waals surface area contributed by atoms with Gasteiger partial charge in [0.05, 0.1) is 12.3 Å². The van der Waals surface area contributed by atoms with Gasteiger partial charge in [0.2, 0.25) is 10.0 Å². The Morgan fingerprint density at radius 3 is 2.71 bits per heavy atom. The first-order chi connectivity index (χ1) is 16.6. The Balaban J connectivity index is 1.51. The minimum atomic E-state index is -3.87. The maximum atomic E-state index is 13.4. The van der Waals surface area contributed by atoms with Crippen molar-refractivity contribution in [2.75, 3.05) is 31.2 Å². The van der Waals surface area contributed by atoms with Crippen LogP contribution in [0.1, 0.15) is 44.0 Å². The van der Waals surface area contributed by atoms with Crippen LogP contribution in [0, 0.1) is 5.41 Å². The molecular formula is C21H23ClF2N6O3S2. The highest BCUT2D eigenvalue weighted by atomic mass is 35.5. The van der Waals surface area contributed by atoms with Gasteiger partial charge in [0, 0.05) is 36.8 Å². The highest BCUT2D eigenvalue weighted by Crippen LogP contribution is 2.44. The summed E-state index contributed by atoms with van der Waals surface area (Å²) in [5.74, 6) is 0.170. The van der Waals surface area contributed by atoms with Crippen LogP contribution >= 0.6 is 22.9 Å². The van der Waals surface area contributed by atoms with E-state index in [4.69, 9.17) is 16.3 Å². The molecule has 2 saturated heterocycles. The lowest BCUT2D eigenvalue weighted by molar-refractivity contribution is 0.150. The van der Waals surface area contributed by atoms with Crippen LogP contribution in [0.2, 0.25) is 5.15 Å². The highest BCUT2D eigenvalue weighted by molar-refractivity contribution is 7.89. The predicted octanol–water partition coefficient (Wildman–Crippen LogP) is 3.89. The number of nitrogens with one attached hydrogen (secondary N) is 1. The number of rotatable bonds is 6. The van der Waals surface area contributed by atoms with E-state index in [0.29, 0.717) is 48.8 Å². The number of halogens is 3. The molecule has 9 nitrogen and oxygen atoms in total. The molecule has 0 aromatic carbocycles. The zero-order chi connectivity index (χ0) is 24.6. The van der Waals surface area contributed by atoms with Crippen LogP contribution in [-0.2, 0) is 14.8 Å². The van der Waals surface area contributed by atoms with Crippen LogP contribution in [-0.4, -0.2) is 59.8 Å². The first-order valence-corrected chi connectivity index (χ1v) is 14.0. The van der Waals surface area contributed by atoms with E-state index in [0.717, 1.165) is 25.7 Å². The van der Waals surface area contributed by atoms with Gasteiger partial charge in [-0.05, 0) is 38.7 Å². The second-order valence-corrected chi connectivity index (χ2v) is 12.9. The fraction of sp³-hybridized carbons (Fsp3) is 0.571. The Labute approximate surface area is 209 Å². The maximum Gasteiger partial charge on any atom is 0.291 e. The average Bonchev–Trinajstić information content (AvgIpc) is 3.33. The zero-order valence-electron chi connectivity index (χ0n) is 18.8. The van der Waals surface area contributed by atoms with Gasteiger partial charge in [-0.25, -0.2) is 26.9 Å². The SMILES string of the molecule is CC1(NS(=O)(=O)c2cc(N3CCC4(CCOC4)C3)c3c(Cl)nc(-c4nnc(C(F)F)s4)n3c2)CC1. The number of hydrogen-bond acceptors (Lipinski definition) is 8. The molecule has 35 heavy (non-hydrogen) atoms. The number of alkyl halides is 2. The van der Waals surface area contributed by atoms with Crippen molar-refractivity contribution in [1.29, 1.82) is 0 Å². The normalized spacial score (nSPS) is 23.9. The van der Waals surface area contributed by atoms with Crippen molar-refractivity contribution in [1.82, 2.24) is 24.3 Å². The predicted molar refractivity (Wildman–Crippen MR) is 127 cm³/mol. The average molecular weight is 545 g/mol. The van der Waals surface area contributed by atoms with Crippen molar-refractivity contribution in [2.24, 2.45) is 5.41 Å². The fourth-order valence-electron chi connectivity index (χ4n) is 4.86. The summed E-state index contributed by atoms with van der Waals surface area (Å²) in [6.45, 7) is 4.64. The van der Waals surface area contributed by atoms with Crippen molar-refractivity contribution in [3.63, 3.8) is 0 Å². The molecule has 14 heteroatoms. The smallest absolute Gasteiger partial charge is 0.291 e. The number of fused-ring (bicyclic) bond motifs is 1. The number of aromatic nitrogens is 4. The first-order valence-electron chi connectivity index (χ1n) is 11.3. The van der Waals surface area contributed by atoms with Crippen molar-refractivity contribution < 1.29 is 21.9 Å². The fourth-order valence-corrected chi connectivity index (χ4v) is 7.30. The Morgan fingerprint density at radius 1 is 1.26 bits per heavy atom. The summed E-state index contributed by atoms with van der Waals surface area (Å²) in [6.07, 6.45) is 2.04. The lowest BCUT2D eigenvalue weighted by Gasteiger charge is -2.25. The van der Waals surface area contributed by atoms with E-state index in [1.165, 1.54) is 10.6 Å². The Bertz CT molecular complexity index is 1420. The molecule has 1 unspecified atom stereocenters. The molecule has 1 atom stereocenters. The molecule has 0 amide bonds. The topological polar surface area (TPSA) is 102 Å². The number of hydrogen-bond donors (Lipinski definition) is 1. The van der Waals surface area contributed by atoms with Crippen LogP contribution < -0.4 is 9.62 Å². The minimum absolute atomic E-state index is 0.0202. The van der Waals surface area contributed by atoms with Crippen molar-refractivity contribution in [3.05, 3.63) is 22.4 Å². The summed E-state index contributed by atoms with van der Waals surface area (Å²) in [6, 6.07) is 1.63. The molecule has 3 fully saturated rings. The summed E-state index contributed by atoms with van der Waals surface area (Å²) < 4.78 is 63.0. The molecule has 3 aromatic heterocycles. The van der Waals surface area contributed by atoms with E-state index >= 15 is 0 Å². The Hall–Kier alpha value is -1.93. The molecule has 0 radical (unpaired) electrons. The van der Waals surface area contributed by atoms with Crippen molar-refractivity contribution in [3.8, 4) is 10.8 Å². The summed E-state index contributed by atoms with van der Waals surface area (Å²) in [4.78, 5) is 6.55. The summed E-state index contributed by atoms with van der Waals surface area (Å²) in [5.41, 5.74) is 0.683. The molecule has 1 aliphatic carbocycles. The lowest BCUT2D eigenvalue weighted by atomic mass is 9.87. The zero-order valence-corrected chi connectivity index (χ0v) is 21.2. The number of anilines is 1. The van der Waals surface area contributed by atoms with Gasteiger partial charge in [0.1, 0.15) is 10.4 Å². The van der Waals surface area contributed by atoms with E-state index in [9.17, 15) is 17.2 Å². The Morgan fingerprint density at radius 2 is 2.06 bits per heavy atom. The van der Waals surface area contributed by atoms with Crippen molar-refractivity contribution in [2.45, 2.75) is 49.5 Å². The molecule has 1 N–H and O–H groups in total. The van der Waals surface area contributed by atoms with Gasteiger partial charge >= 0.3 is 0 Å². The van der Waals surface area contributed by atoms with Crippen LogP contribution in [0.3, 0.4) is 0 Å². The number of pyridine rings is 1. The monoisotopic (exact) mass is 544 g/mol. The third kappa shape index (κ3) is 4.10. The van der Waals surface area contributed by atoms with Gasteiger partial charge in [0.25, 0.3) is 6.43 Å². The second kappa shape index (κ2) is 8.04. The van der Waals surface area contributed by atoms with Gasteiger partial charge in [-0.1, -0.05) is 22.9 Å². The van der Waals surface area contributed by atoms with E-state index in [1.54, 1.807) is 6.07 Å². The van der Waals surface area contributed by atoms with Crippen LogP contribution in [0.25, 0.3) is 16.3 Å². The first kappa shape index (κ1) is 23.5. The lowest BCUT2D eigenvalue weighted by Crippen LogP contribution is -2.34. The summed E-state index contributed by atoms with van der Waals surface area (Å²) >= 11 is 7.27. The third-order valence-corrected chi connectivity index (χ3v) is 9.92. The van der Waals surface area contributed by atoms with E-state index in [1.807, 2.05) is 6.92 Å². The Kier molecular flexibility index (Phi) is 5.39. The van der Waals surface area contributed by atoms with E-state index in [2.05, 4.69) is 24.8 Å². The maximum absolute atomic E-state index is 13.4. The minimum Gasteiger partial charge on any atom is -0.381 e. The molecule has 3 aliphatic rings. The quantitative estimate of drug-likeness (QED) is 0.502. The molecular weight excluding hydrogens is 522 g/mol. The molecule has 188 valence electrons. The molecule has 6 rings (SSSR count). The summed E-state index contributed by atoms with van der Waals surface area (Å²) in [5, 5.41) is 7.25. The van der Waals surface area contributed by atoms with Crippen LogP contribution in [0.15, 0.2) is 17.2 Å². The third-order valence-electron chi connectivity index (χ3n) is 7.12. The standard InChI is InChI=1S/C21H23ClF2N6O3S2/c1-20(2-3-20)28-35(31,32)12-8-13(29-6-4-21(10-29)5-7-33-11-21)14-15(22)25-17(30(14)9-12)19-27-26-18(34-19)16(23)24/h8-9,16,28H,2-7,10-11H2,1H3. The van der Waals surface area contributed by atoms with E-state index in [-0.39, 0.29) is 26.3 Å². The number of ether oxygens (including phenoxy) is 1. The largest absolute Gasteiger partial charge is 0.381 e. The second-order valence-electron chi connectivity index (χ2n) is 9.89. The van der Waals surface area contributed by atoms with Crippen LogP contribution in [0.4, 0.5) is 14.5 Å². The highest BCUT2D eigenvalue weighted by Gasteiger charge is 2.44. The van der Waals surface area contributed by atoms with Crippen molar-refractivity contribution >= 4 is 44.2 Å². The molecule has 1 saturated carbocycles. The van der Waals surface area contributed by atoms with Gasteiger partial charge in [-0.15, -0.1) is 10.2 Å². The summed E-state index contributed by atoms with van der Waals surface area (Å²) in [7, 11) is -3.87. The number of imidazole rings is 1. The molecule has 1 spiro atoms. The number of sulfonamides is 1. The van der Waals surface area contributed by atoms with Crippen LogP contribution in [0.5, 0.6) is 0 Å². The molecule has 2 aliphatic heterocycles. The van der Waals surface area contributed by atoms with Gasteiger partial charge < -0.3 is 9.64 Å². The van der Waals surface area contributed by atoms with Gasteiger partial charge in [0.15, 0.2) is 21.0 Å². The molecule has 3 aromatic rings. The molecule has 5 heterocycles. The number of nitrogens with zero attached hydrogens (tertiary/aromatic N) is 5.